The van der Waals surface area contributed by atoms with Crippen LogP contribution >= 0.6 is 0 Å². The fourth-order valence-corrected chi connectivity index (χ4v) is 1.78. The van der Waals surface area contributed by atoms with Crippen LogP contribution in [0.4, 0.5) is 0 Å². The summed E-state index contributed by atoms with van der Waals surface area (Å²) in [5.41, 5.74) is 2.27. The number of benzene rings is 2. The van der Waals surface area contributed by atoms with E-state index in [9.17, 15) is 0 Å². The van der Waals surface area contributed by atoms with E-state index in [0.717, 1.165) is 16.9 Å². The highest BCUT2D eigenvalue weighted by molar-refractivity contribution is 5.45. The molecule has 1 N–H and O–H groups in total. The second-order valence-corrected chi connectivity index (χ2v) is 4.24. The Bertz CT molecular complexity index is 615. The molecule has 0 atom stereocenters. The summed E-state index contributed by atoms with van der Waals surface area (Å²) in [4.78, 5) is 0. The molecule has 0 fully saturated rings. The highest BCUT2D eigenvalue weighted by Crippen LogP contribution is 2.21. The van der Waals surface area contributed by atoms with E-state index < -0.39 is 0 Å². The molecule has 102 valence electrons. The molecule has 2 rings (SSSR count). The smallest absolute Gasteiger partial charge is 0.137 e. The fourth-order valence-electron chi connectivity index (χ4n) is 1.78. The molecule has 2 aromatic rings. The van der Waals surface area contributed by atoms with Crippen LogP contribution in [0.25, 0.3) is 0 Å². The number of nitrogens with zero attached hydrogens (tertiary/aromatic N) is 1. The van der Waals surface area contributed by atoms with Crippen molar-refractivity contribution in [3.63, 3.8) is 0 Å². The maximum absolute atomic E-state index is 8.96. The Labute approximate surface area is 117 Å². The monoisotopic (exact) mass is 269 g/mol. The topological polar surface area (TPSA) is 62.5 Å². The van der Waals surface area contributed by atoms with Gasteiger partial charge in [0.1, 0.15) is 24.2 Å². The highest BCUT2D eigenvalue weighted by Gasteiger charge is 2.04. The first-order chi connectivity index (χ1) is 9.76. The molecule has 0 aliphatic heterocycles. The Balaban J connectivity index is 2.05. The van der Waals surface area contributed by atoms with Crippen LogP contribution in [-0.4, -0.2) is 12.2 Å². The summed E-state index contributed by atoms with van der Waals surface area (Å²) >= 11 is 0. The quantitative estimate of drug-likeness (QED) is 0.906. The molecule has 0 spiro atoms. The van der Waals surface area contributed by atoms with Crippen molar-refractivity contribution in [1.29, 1.82) is 5.26 Å². The lowest BCUT2D eigenvalue weighted by Crippen LogP contribution is -1.97. The highest BCUT2D eigenvalue weighted by atomic mass is 16.5. The van der Waals surface area contributed by atoms with Crippen LogP contribution in [0, 0.1) is 11.3 Å². The van der Waals surface area contributed by atoms with E-state index in [1.807, 2.05) is 30.3 Å². The van der Waals surface area contributed by atoms with Crippen LogP contribution in [0.5, 0.6) is 11.5 Å². The summed E-state index contributed by atoms with van der Waals surface area (Å²) in [5.74, 6) is 1.27. The molecule has 4 heteroatoms. The Morgan fingerprint density at radius 3 is 2.40 bits per heavy atom. The number of aliphatic hydroxyl groups is 1. The number of nitriles is 1. The Morgan fingerprint density at radius 2 is 1.80 bits per heavy atom. The fraction of sp³-hybridized carbons (Fsp3) is 0.188. The van der Waals surface area contributed by atoms with E-state index in [2.05, 4.69) is 6.07 Å². The predicted octanol–water partition coefficient (Wildman–Crippen LogP) is 2.64. The van der Waals surface area contributed by atoms with Crippen molar-refractivity contribution in [3.05, 3.63) is 59.2 Å². The van der Waals surface area contributed by atoms with Gasteiger partial charge in [-0.25, -0.2) is 0 Å². The maximum Gasteiger partial charge on any atom is 0.137 e. The normalized spacial score (nSPS) is 9.85. The zero-order valence-corrected chi connectivity index (χ0v) is 11.2. The van der Waals surface area contributed by atoms with Crippen molar-refractivity contribution in [2.75, 3.05) is 7.11 Å². The van der Waals surface area contributed by atoms with Crippen LogP contribution in [0.3, 0.4) is 0 Å². The molecule has 0 aliphatic rings. The second kappa shape index (κ2) is 6.60. The number of hydrogen-bond acceptors (Lipinski definition) is 4. The van der Waals surface area contributed by atoms with Gasteiger partial charge in [0, 0.05) is 0 Å². The molecule has 0 unspecified atom stereocenters. The lowest BCUT2D eigenvalue weighted by molar-refractivity contribution is 0.280. The van der Waals surface area contributed by atoms with Crippen LogP contribution in [-0.2, 0) is 13.2 Å². The first kappa shape index (κ1) is 13.9. The molecular weight excluding hydrogens is 254 g/mol. The third-order valence-electron chi connectivity index (χ3n) is 2.90. The molecule has 0 radical (unpaired) electrons. The molecule has 2 aromatic carbocycles. The predicted molar refractivity (Wildman–Crippen MR) is 74.4 cm³/mol. The van der Waals surface area contributed by atoms with Gasteiger partial charge in [-0.05, 0) is 35.4 Å². The third kappa shape index (κ3) is 3.28. The second-order valence-electron chi connectivity index (χ2n) is 4.24. The first-order valence-electron chi connectivity index (χ1n) is 6.16. The van der Waals surface area contributed by atoms with Crippen molar-refractivity contribution in [2.24, 2.45) is 0 Å². The van der Waals surface area contributed by atoms with Gasteiger partial charge >= 0.3 is 0 Å². The standard InChI is InChI=1S/C16H15NO3/c1-19-16-8-13(2-5-14(16)9-17)11-20-15-6-3-12(10-18)4-7-15/h2-8,18H,10-11H2,1H3. The summed E-state index contributed by atoms with van der Waals surface area (Å²) in [6, 6.07) is 14.7. The first-order valence-corrected chi connectivity index (χ1v) is 6.16. The Kier molecular flexibility index (Phi) is 4.59. The molecule has 0 amide bonds. The zero-order valence-electron chi connectivity index (χ0n) is 11.2. The van der Waals surface area contributed by atoms with Gasteiger partial charge in [-0.2, -0.15) is 5.26 Å². The molecule has 0 aliphatic carbocycles. The van der Waals surface area contributed by atoms with E-state index >= 15 is 0 Å². The van der Waals surface area contributed by atoms with E-state index in [-0.39, 0.29) is 6.61 Å². The van der Waals surface area contributed by atoms with Crippen LogP contribution in [0.1, 0.15) is 16.7 Å². The number of ether oxygens (including phenoxy) is 2. The van der Waals surface area contributed by atoms with E-state index in [4.69, 9.17) is 19.8 Å². The lowest BCUT2D eigenvalue weighted by atomic mass is 10.1. The van der Waals surface area contributed by atoms with Crippen molar-refractivity contribution >= 4 is 0 Å². The average molecular weight is 269 g/mol. The van der Waals surface area contributed by atoms with E-state index in [0.29, 0.717) is 17.9 Å². The molecule has 0 heterocycles. The molecule has 4 nitrogen and oxygen atoms in total. The minimum atomic E-state index is 0.0209. The van der Waals surface area contributed by atoms with Gasteiger partial charge in [-0.1, -0.05) is 18.2 Å². The van der Waals surface area contributed by atoms with Crippen LogP contribution < -0.4 is 9.47 Å². The van der Waals surface area contributed by atoms with Crippen LogP contribution in [0.15, 0.2) is 42.5 Å². The number of aliphatic hydroxyl groups excluding tert-OH is 1. The van der Waals surface area contributed by atoms with Gasteiger partial charge in [-0.3, -0.25) is 0 Å². The summed E-state index contributed by atoms with van der Waals surface area (Å²) in [5, 5.41) is 17.9. The third-order valence-corrected chi connectivity index (χ3v) is 2.90. The van der Waals surface area contributed by atoms with Crippen molar-refractivity contribution < 1.29 is 14.6 Å². The summed E-state index contributed by atoms with van der Waals surface area (Å²) < 4.78 is 10.8. The number of methoxy groups -OCH3 is 1. The van der Waals surface area contributed by atoms with Crippen molar-refractivity contribution in [3.8, 4) is 17.6 Å². The summed E-state index contributed by atoms with van der Waals surface area (Å²) in [6.45, 7) is 0.410. The van der Waals surface area contributed by atoms with Crippen molar-refractivity contribution in [1.82, 2.24) is 0 Å². The molecule has 0 saturated carbocycles. The van der Waals surface area contributed by atoms with Gasteiger partial charge in [-0.15, -0.1) is 0 Å². The van der Waals surface area contributed by atoms with Crippen LogP contribution in [0.2, 0.25) is 0 Å². The summed E-state index contributed by atoms with van der Waals surface area (Å²) in [7, 11) is 1.54. The molecule has 0 aromatic heterocycles. The molecule has 20 heavy (non-hydrogen) atoms. The zero-order chi connectivity index (χ0) is 14.4. The molecule has 0 saturated heterocycles. The van der Waals surface area contributed by atoms with Gasteiger partial charge in [0.05, 0.1) is 19.3 Å². The van der Waals surface area contributed by atoms with Gasteiger partial charge < -0.3 is 14.6 Å². The minimum Gasteiger partial charge on any atom is -0.495 e. The van der Waals surface area contributed by atoms with Gasteiger partial charge in [0.25, 0.3) is 0 Å². The number of hydrogen-bond donors (Lipinski definition) is 1. The summed E-state index contributed by atoms with van der Waals surface area (Å²) in [6.07, 6.45) is 0. The lowest BCUT2D eigenvalue weighted by Gasteiger charge is -2.09. The van der Waals surface area contributed by atoms with Crippen molar-refractivity contribution in [2.45, 2.75) is 13.2 Å². The van der Waals surface area contributed by atoms with E-state index in [1.54, 1.807) is 12.1 Å². The SMILES string of the molecule is COc1cc(COc2ccc(CO)cc2)ccc1C#N. The Hall–Kier alpha value is -2.51. The average Bonchev–Trinajstić information content (AvgIpc) is 2.53. The molecule has 0 bridgehead atoms. The Morgan fingerprint density at radius 1 is 1.10 bits per heavy atom. The van der Waals surface area contributed by atoms with Gasteiger partial charge in [0.15, 0.2) is 0 Å². The largest absolute Gasteiger partial charge is 0.495 e. The van der Waals surface area contributed by atoms with Gasteiger partial charge in [0.2, 0.25) is 0 Å². The number of rotatable bonds is 5. The maximum atomic E-state index is 8.96. The minimum absolute atomic E-state index is 0.0209. The van der Waals surface area contributed by atoms with E-state index in [1.165, 1.54) is 7.11 Å². The molecular formula is C16H15NO3.